The van der Waals surface area contributed by atoms with Crippen molar-refractivity contribution in [3.8, 4) is 6.07 Å². The molecule has 2 aromatic carbocycles. The molecule has 4 rings (SSSR count). The van der Waals surface area contributed by atoms with Crippen molar-refractivity contribution in [1.29, 1.82) is 5.26 Å². The Labute approximate surface area is 227 Å². The number of anilines is 2. The van der Waals surface area contributed by atoms with Gasteiger partial charge in [0.2, 0.25) is 5.95 Å². The van der Waals surface area contributed by atoms with Crippen LogP contribution in [0.25, 0.3) is 6.08 Å². The smallest absolute Gasteiger partial charge is 0.416 e. The van der Waals surface area contributed by atoms with E-state index in [0.717, 1.165) is 25.0 Å². The lowest BCUT2D eigenvalue weighted by Crippen LogP contribution is -2.38. The monoisotopic (exact) mass is 553 g/mol. The van der Waals surface area contributed by atoms with Gasteiger partial charge in [0.1, 0.15) is 6.04 Å². The average Bonchev–Trinajstić information content (AvgIpc) is 3.32. The summed E-state index contributed by atoms with van der Waals surface area (Å²) in [5, 5.41) is 15.9. The van der Waals surface area contributed by atoms with Gasteiger partial charge < -0.3 is 9.47 Å². The third-order valence-electron chi connectivity index (χ3n) is 6.45. The molecular formula is C28H26F3N5O4. The van der Waals surface area contributed by atoms with Crippen LogP contribution in [0.4, 0.5) is 24.8 Å². The number of methoxy groups -OCH3 is 1. The standard InChI is InChI=1S/C28H26F3N5O4/c1-4-5-12-40-13-11-19-14-18(16-32)9-10-22(19)24-23(25(37)39-3)17(2)35(26-33-34-27(38)36(24)26)21-8-6-7-20(15-21)28(29,30)31/h6-11,13-15,24H,4-5,12H2,1-3H3,(H,34,38). The van der Waals surface area contributed by atoms with Gasteiger partial charge in [-0.2, -0.15) is 18.4 Å². The number of esters is 1. The third kappa shape index (κ3) is 5.36. The molecule has 40 heavy (non-hydrogen) atoms. The molecule has 0 bridgehead atoms. The zero-order valence-electron chi connectivity index (χ0n) is 22.0. The van der Waals surface area contributed by atoms with Crippen molar-refractivity contribution in [2.45, 2.75) is 38.9 Å². The molecule has 208 valence electrons. The molecule has 12 heteroatoms. The number of benzene rings is 2. The molecule has 1 aromatic heterocycles. The predicted molar refractivity (Wildman–Crippen MR) is 140 cm³/mol. The molecular weight excluding hydrogens is 527 g/mol. The highest BCUT2D eigenvalue weighted by Crippen LogP contribution is 2.43. The highest BCUT2D eigenvalue weighted by molar-refractivity contribution is 5.94. The zero-order valence-corrected chi connectivity index (χ0v) is 22.0. The van der Waals surface area contributed by atoms with Crippen LogP contribution in [0.15, 0.2) is 64.8 Å². The molecule has 0 amide bonds. The van der Waals surface area contributed by atoms with E-state index in [4.69, 9.17) is 9.47 Å². The highest BCUT2D eigenvalue weighted by atomic mass is 19.4. The first-order valence-corrected chi connectivity index (χ1v) is 12.4. The second-order valence-corrected chi connectivity index (χ2v) is 8.96. The maximum absolute atomic E-state index is 13.5. The van der Waals surface area contributed by atoms with Crippen molar-refractivity contribution in [1.82, 2.24) is 14.8 Å². The Morgan fingerprint density at radius 1 is 1.25 bits per heavy atom. The Balaban J connectivity index is 1.96. The van der Waals surface area contributed by atoms with Crippen LogP contribution in [0.2, 0.25) is 0 Å². The number of hydrogen-bond acceptors (Lipinski definition) is 7. The number of carbonyl (C=O) groups is 1. The second-order valence-electron chi connectivity index (χ2n) is 8.96. The van der Waals surface area contributed by atoms with Gasteiger partial charge in [-0.1, -0.05) is 25.5 Å². The summed E-state index contributed by atoms with van der Waals surface area (Å²) in [5.74, 6) is -0.824. The van der Waals surface area contributed by atoms with Crippen LogP contribution >= 0.6 is 0 Å². The van der Waals surface area contributed by atoms with E-state index in [2.05, 4.69) is 16.3 Å². The summed E-state index contributed by atoms with van der Waals surface area (Å²) in [6.45, 7) is 4.04. The maximum Gasteiger partial charge on any atom is 0.416 e. The summed E-state index contributed by atoms with van der Waals surface area (Å²) in [6.07, 6.45) is 0.254. The van der Waals surface area contributed by atoms with E-state index in [-0.39, 0.29) is 22.9 Å². The third-order valence-corrected chi connectivity index (χ3v) is 6.45. The summed E-state index contributed by atoms with van der Waals surface area (Å²) < 4.78 is 52.4. The first kappa shape index (κ1) is 28.2. The van der Waals surface area contributed by atoms with Crippen LogP contribution in [0.5, 0.6) is 0 Å². The molecule has 1 unspecified atom stereocenters. The van der Waals surface area contributed by atoms with Gasteiger partial charge >= 0.3 is 17.8 Å². The Hall–Kier alpha value is -4.79. The lowest BCUT2D eigenvalue weighted by Gasteiger charge is -2.36. The van der Waals surface area contributed by atoms with Gasteiger partial charge in [0.05, 0.1) is 42.7 Å². The number of unbranched alkanes of at least 4 members (excludes halogenated alkanes) is 1. The van der Waals surface area contributed by atoms with Crippen molar-refractivity contribution in [3.05, 3.63) is 92.7 Å². The first-order valence-electron chi connectivity index (χ1n) is 12.4. The number of allylic oxidation sites excluding steroid dienone is 1. The summed E-state index contributed by atoms with van der Waals surface area (Å²) >= 11 is 0. The van der Waals surface area contributed by atoms with Gasteiger partial charge in [0.25, 0.3) is 0 Å². The number of hydrogen-bond donors (Lipinski definition) is 1. The minimum atomic E-state index is -4.62. The van der Waals surface area contributed by atoms with Gasteiger partial charge in [0, 0.05) is 11.4 Å². The van der Waals surface area contributed by atoms with Gasteiger partial charge in [-0.25, -0.2) is 19.3 Å². The fraction of sp³-hybridized carbons (Fsp3) is 0.286. The minimum Gasteiger partial charge on any atom is -0.501 e. The molecule has 0 aliphatic carbocycles. The molecule has 9 nitrogen and oxygen atoms in total. The van der Waals surface area contributed by atoms with Crippen molar-refractivity contribution < 1.29 is 27.4 Å². The SMILES string of the molecule is CCCCOC=Cc1cc(C#N)ccc1C1C(C(=O)OC)=C(C)N(c2cccc(C(F)(F)F)c2)c2n[nH]c(=O)n21. The number of aromatic nitrogens is 3. The summed E-state index contributed by atoms with van der Waals surface area (Å²) in [5.41, 5.74) is -0.0988. The van der Waals surface area contributed by atoms with Gasteiger partial charge in [-0.15, -0.1) is 5.10 Å². The number of ether oxygens (including phenoxy) is 2. The Morgan fingerprint density at radius 3 is 2.70 bits per heavy atom. The maximum atomic E-state index is 13.5. The Bertz CT molecular complexity index is 1580. The van der Waals surface area contributed by atoms with Crippen LogP contribution in [0, 0.1) is 11.3 Å². The second kappa shape index (κ2) is 11.5. The molecule has 2 heterocycles. The van der Waals surface area contributed by atoms with Gasteiger partial charge in [-0.05, 0) is 60.9 Å². The molecule has 1 N–H and O–H groups in total. The number of alkyl halides is 3. The Kier molecular flexibility index (Phi) is 8.13. The molecule has 0 spiro atoms. The molecule has 0 fully saturated rings. The van der Waals surface area contributed by atoms with Crippen LogP contribution in [0.3, 0.4) is 0 Å². The van der Waals surface area contributed by atoms with Crippen molar-refractivity contribution in [3.63, 3.8) is 0 Å². The quantitative estimate of drug-likeness (QED) is 0.225. The predicted octanol–water partition coefficient (Wildman–Crippen LogP) is 5.44. The van der Waals surface area contributed by atoms with E-state index in [1.165, 1.54) is 41.9 Å². The topological polar surface area (TPSA) is 113 Å². The van der Waals surface area contributed by atoms with Crippen LogP contribution in [-0.2, 0) is 20.4 Å². The van der Waals surface area contributed by atoms with Gasteiger partial charge in [0.15, 0.2) is 0 Å². The number of halogens is 3. The van der Waals surface area contributed by atoms with E-state index < -0.39 is 29.4 Å². The van der Waals surface area contributed by atoms with Crippen molar-refractivity contribution >= 4 is 23.7 Å². The molecule has 3 aromatic rings. The van der Waals surface area contributed by atoms with Crippen LogP contribution in [-0.4, -0.2) is 34.5 Å². The first-order chi connectivity index (χ1) is 19.1. The number of rotatable bonds is 8. The normalized spacial score (nSPS) is 15.2. The number of H-pyrrole nitrogens is 1. The lowest BCUT2D eigenvalue weighted by atomic mass is 9.90. The van der Waals surface area contributed by atoms with E-state index in [1.54, 1.807) is 24.3 Å². The fourth-order valence-corrected chi connectivity index (χ4v) is 4.53. The van der Waals surface area contributed by atoms with E-state index in [0.29, 0.717) is 23.3 Å². The number of aromatic amines is 1. The van der Waals surface area contributed by atoms with Gasteiger partial charge in [-0.3, -0.25) is 4.90 Å². The fourth-order valence-electron chi connectivity index (χ4n) is 4.53. The molecule has 0 saturated heterocycles. The minimum absolute atomic E-state index is 0.00201. The van der Waals surface area contributed by atoms with E-state index >= 15 is 0 Å². The molecule has 0 radical (unpaired) electrons. The van der Waals surface area contributed by atoms with Crippen LogP contribution in [0.1, 0.15) is 55.0 Å². The average molecular weight is 554 g/mol. The van der Waals surface area contributed by atoms with Crippen molar-refractivity contribution in [2.24, 2.45) is 0 Å². The molecule has 0 saturated carbocycles. The van der Waals surface area contributed by atoms with E-state index in [9.17, 15) is 28.0 Å². The number of nitrogens with zero attached hydrogens (tertiary/aromatic N) is 4. The summed E-state index contributed by atoms with van der Waals surface area (Å²) in [7, 11) is 1.17. The molecule has 1 atom stereocenters. The Morgan fingerprint density at radius 2 is 2.02 bits per heavy atom. The van der Waals surface area contributed by atoms with Crippen LogP contribution < -0.4 is 10.6 Å². The summed E-state index contributed by atoms with van der Waals surface area (Å²) in [4.78, 5) is 27.7. The molecule has 1 aliphatic heterocycles. The summed E-state index contributed by atoms with van der Waals surface area (Å²) in [6, 6.07) is 10.2. The number of nitrogens with one attached hydrogen (secondary N) is 1. The lowest BCUT2D eigenvalue weighted by molar-refractivity contribution is -0.138. The highest BCUT2D eigenvalue weighted by Gasteiger charge is 2.40. The number of carbonyl (C=O) groups excluding carboxylic acids is 1. The number of fused-ring (bicyclic) bond motifs is 1. The largest absolute Gasteiger partial charge is 0.501 e. The molecule has 1 aliphatic rings. The number of nitriles is 1. The zero-order chi connectivity index (χ0) is 29.0. The van der Waals surface area contributed by atoms with E-state index in [1.807, 2.05) is 6.92 Å². The van der Waals surface area contributed by atoms with Crippen molar-refractivity contribution in [2.75, 3.05) is 18.6 Å².